The molecule has 2 rings (SSSR count). The second kappa shape index (κ2) is 6.84. The minimum absolute atomic E-state index is 0.0461. The van der Waals surface area contributed by atoms with Gasteiger partial charge in [0.15, 0.2) is 0 Å². The number of rotatable bonds is 5. The normalized spacial score (nSPS) is 20.7. The summed E-state index contributed by atoms with van der Waals surface area (Å²) in [7, 11) is -3.24. The van der Waals surface area contributed by atoms with E-state index < -0.39 is 10.0 Å². The highest BCUT2D eigenvalue weighted by atomic mass is 35.5. The van der Waals surface area contributed by atoms with E-state index in [-0.39, 0.29) is 11.6 Å². The average molecular weight is 347 g/mol. The Morgan fingerprint density at radius 1 is 1.36 bits per heavy atom. The van der Waals surface area contributed by atoms with Crippen molar-refractivity contribution in [3.05, 3.63) is 34.9 Å². The van der Waals surface area contributed by atoms with E-state index >= 15 is 0 Å². The van der Waals surface area contributed by atoms with Gasteiger partial charge in [-0.05, 0) is 31.5 Å². The van der Waals surface area contributed by atoms with E-state index in [1.165, 1.54) is 6.26 Å². The van der Waals surface area contributed by atoms with Gasteiger partial charge in [-0.25, -0.2) is 13.1 Å². The van der Waals surface area contributed by atoms with Crippen molar-refractivity contribution in [1.82, 2.24) is 9.62 Å². The standard InChI is InChI=1S/C15H23ClN2O3S/c1-15(2)11-18(8-9-21-15)14(10-17-22(3,19)20)12-4-6-13(16)7-5-12/h4-7,14,17H,8-11H2,1-3H3. The highest BCUT2D eigenvalue weighted by Crippen LogP contribution is 2.27. The minimum atomic E-state index is -3.24. The van der Waals surface area contributed by atoms with Crippen LogP contribution < -0.4 is 4.72 Å². The summed E-state index contributed by atoms with van der Waals surface area (Å²) in [6, 6.07) is 7.50. The molecule has 1 unspecified atom stereocenters. The molecule has 0 amide bonds. The van der Waals surface area contributed by atoms with Crippen molar-refractivity contribution in [1.29, 1.82) is 0 Å². The first-order chi connectivity index (χ1) is 10.2. The fraction of sp³-hybridized carbons (Fsp3) is 0.600. The Balaban J connectivity index is 2.22. The second-order valence-electron chi connectivity index (χ2n) is 6.27. The molecule has 0 bridgehead atoms. The summed E-state index contributed by atoms with van der Waals surface area (Å²) in [5.74, 6) is 0. The van der Waals surface area contributed by atoms with E-state index in [9.17, 15) is 8.42 Å². The monoisotopic (exact) mass is 346 g/mol. The molecule has 0 aromatic heterocycles. The van der Waals surface area contributed by atoms with E-state index in [4.69, 9.17) is 16.3 Å². The van der Waals surface area contributed by atoms with Gasteiger partial charge in [-0.2, -0.15) is 0 Å². The lowest BCUT2D eigenvalue weighted by Gasteiger charge is -2.42. The van der Waals surface area contributed by atoms with Crippen LogP contribution in [-0.2, 0) is 14.8 Å². The third-order valence-corrected chi connectivity index (χ3v) is 4.63. The molecule has 0 radical (unpaired) electrons. The van der Waals surface area contributed by atoms with Gasteiger partial charge in [0.05, 0.1) is 18.5 Å². The largest absolute Gasteiger partial charge is 0.373 e. The molecule has 1 saturated heterocycles. The molecule has 0 spiro atoms. The van der Waals surface area contributed by atoms with Crippen LogP contribution in [0.25, 0.3) is 0 Å². The molecule has 1 aromatic carbocycles. The van der Waals surface area contributed by atoms with Crippen LogP contribution in [0.2, 0.25) is 5.02 Å². The summed E-state index contributed by atoms with van der Waals surface area (Å²) >= 11 is 5.95. The summed E-state index contributed by atoms with van der Waals surface area (Å²) in [6.45, 7) is 6.56. The highest BCUT2D eigenvalue weighted by molar-refractivity contribution is 7.88. The number of benzene rings is 1. The maximum Gasteiger partial charge on any atom is 0.208 e. The number of hydrogen-bond donors (Lipinski definition) is 1. The molecule has 1 N–H and O–H groups in total. The molecule has 22 heavy (non-hydrogen) atoms. The average Bonchev–Trinajstić information content (AvgIpc) is 2.38. The van der Waals surface area contributed by atoms with E-state index in [1.807, 2.05) is 38.1 Å². The van der Waals surface area contributed by atoms with Gasteiger partial charge in [0.1, 0.15) is 0 Å². The summed E-state index contributed by atoms with van der Waals surface area (Å²) in [5.41, 5.74) is 0.798. The molecule has 1 atom stereocenters. The molecule has 1 aliphatic rings. The molecule has 7 heteroatoms. The first kappa shape index (κ1) is 17.7. The van der Waals surface area contributed by atoms with E-state index in [1.54, 1.807) is 0 Å². The highest BCUT2D eigenvalue weighted by Gasteiger charge is 2.32. The Morgan fingerprint density at radius 3 is 2.55 bits per heavy atom. The number of halogens is 1. The lowest BCUT2D eigenvalue weighted by molar-refractivity contribution is -0.0970. The molecular weight excluding hydrogens is 324 g/mol. The van der Waals surface area contributed by atoms with Gasteiger partial charge in [-0.3, -0.25) is 4.90 Å². The lowest BCUT2D eigenvalue weighted by atomic mass is 10.0. The zero-order valence-corrected chi connectivity index (χ0v) is 14.7. The Labute approximate surface area is 137 Å². The third-order valence-electron chi connectivity index (χ3n) is 3.69. The number of morpholine rings is 1. The van der Waals surface area contributed by atoms with E-state index in [0.29, 0.717) is 18.2 Å². The predicted octanol–water partition coefficient (Wildman–Crippen LogP) is 2.04. The SMILES string of the molecule is CC1(C)CN(C(CNS(C)(=O)=O)c2ccc(Cl)cc2)CCO1. The molecule has 1 heterocycles. The van der Waals surface area contributed by atoms with Crippen LogP contribution in [0.5, 0.6) is 0 Å². The van der Waals surface area contributed by atoms with Crippen LogP contribution in [-0.4, -0.2) is 51.4 Å². The summed E-state index contributed by atoms with van der Waals surface area (Å²) in [5, 5.41) is 0.667. The van der Waals surface area contributed by atoms with Crippen molar-refractivity contribution in [2.75, 3.05) is 32.5 Å². The van der Waals surface area contributed by atoms with Crippen LogP contribution in [0, 0.1) is 0 Å². The van der Waals surface area contributed by atoms with Crippen LogP contribution in [0.3, 0.4) is 0 Å². The summed E-state index contributed by atoms with van der Waals surface area (Å²) in [6.07, 6.45) is 1.18. The number of nitrogens with zero attached hydrogens (tertiary/aromatic N) is 1. The lowest BCUT2D eigenvalue weighted by Crippen LogP contribution is -2.51. The maximum absolute atomic E-state index is 11.5. The molecule has 1 aliphatic heterocycles. The minimum Gasteiger partial charge on any atom is -0.373 e. The Morgan fingerprint density at radius 2 is 2.00 bits per heavy atom. The van der Waals surface area contributed by atoms with Gasteiger partial charge in [0, 0.05) is 30.7 Å². The van der Waals surface area contributed by atoms with Crippen LogP contribution >= 0.6 is 11.6 Å². The van der Waals surface area contributed by atoms with Gasteiger partial charge in [-0.1, -0.05) is 23.7 Å². The van der Waals surface area contributed by atoms with E-state index in [2.05, 4.69) is 9.62 Å². The Bertz CT molecular complexity index is 602. The Kier molecular flexibility index (Phi) is 5.50. The first-order valence-electron chi connectivity index (χ1n) is 7.24. The van der Waals surface area contributed by atoms with E-state index in [0.717, 1.165) is 18.7 Å². The third kappa shape index (κ3) is 5.21. The van der Waals surface area contributed by atoms with Gasteiger partial charge in [-0.15, -0.1) is 0 Å². The maximum atomic E-state index is 11.5. The number of ether oxygens (including phenoxy) is 1. The van der Waals surface area contributed by atoms with Gasteiger partial charge < -0.3 is 4.74 Å². The van der Waals surface area contributed by atoms with Crippen molar-refractivity contribution < 1.29 is 13.2 Å². The summed E-state index contributed by atoms with van der Waals surface area (Å²) in [4.78, 5) is 2.25. The van der Waals surface area contributed by atoms with Gasteiger partial charge in [0.2, 0.25) is 10.0 Å². The molecule has 124 valence electrons. The van der Waals surface area contributed by atoms with Crippen molar-refractivity contribution in [2.24, 2.45) is 0 Å². The smallest absolute Gasteiger partial charge is 0.208 e. The van der Waals surface area contributed by atoms with Crippen LogP contribution in [0.15, 0.2) is 24.3 Å². The number of sulfonamides is 1. The molecule has 1 aromatic rings. The zero-order valence-electron chi connectivity index (χ0n) is 13.2. The number of hydrogen-bond acceptors (Lipinski definition) is 4. The molecule has 0 saturated carbocycles. The van der Waals surface area contributed by atoms with Crippen molar-refractivity contribution in [3.63, 3.8) is 0 Å². The number of nitrogens with one attached hydrogen (secondary N) is 1. The topological polar surface area (TPSA) is 58.6 Å². The fourth-order valence-electron chi connectivity index (χ4n) is 2.69. The quantitative estimate of drug-likeness (QED) is 0.886. The zero-order chi connectivity index (χ0) is 16.4. The fourth-order valence-corrected chi connectivity index (χ4v) is 3.28. The molecular formula is C15H23ClN2O3S. The van der Waals surface area contributed by atoms with Gasteiger partial charge >= 0.3 is 0 Å². The van der Waals surface area contributed by atoms with Crippen LogP contribution in [0.4, 0.5) is 0 Å². The summed E-state index contributed by atoms with van der Waals surface area (Å²) < 4.78 is 31.3. The van der Waals surface area contributed by atoms with Crippen LogP contribution in [0.1, 0.15) is 25.5 Å². The Hall–Kier alpha value is -0.660. The van der Waals surface area contributed by atoms with Crippen molar-refractivity contribution >= 4 is 21.6 Å². The molecule has 0 aliphatic carbocycles. The van der Waals surface area contributed by atoms with Crippen molar-refractivity contribution in [3.8, 4) is 0 Å². The molecule has 1 fully saturated rings. The van der Waals surface area contributed by atoms with Crippen molar-refractivity contribution in [2.45, 2.75) is 25.5 Å². The first-order valence-corrected chi connectivity index (χ1v) is 9.51. The molecule has 5 nitrogen and oxygen atoms in total. The second-order valence-corrected chi connectivity index (χ2v) is 8.54. The predicted molar refractivity (Wildman–Crippen MR) is 88.6 cm³/mol. The van der Waals surface area contributed by atoms with Gasteiger partial charge in [0.25, 0.3) is 0 Å².